The van der Waals surface area contributed by atoms with Gasteiger partial charge in [0.1, 0.15) is 5.75 Å². The summed E-state index contributed by atoms with van der Waals surface area (Å²) in [6, 6.07) is 3.78. The van der Waals surface area contributed by atoms with Gasteiger partial charge in [0.05, 0.1) is 12.2 Å². The highest BCUT2D eigenvalue weighted by Crippen LogP contribution is 2.26. The first-order valence-electron chi connectivity index (χ1n) is 4.29. The summed E-state index contributed by atoms with van der Waals surface area (Å²) in [5.41, 5.74) is 0.436. The van der Waals surface area contributed by atoms with E-state index in [0.29, 0.717) is 11.8 Å². The van der Waals surface area contributed by atoms with Crippen LogP contribution in [-0.2, 0) is 11.3 Å². The van der Waals surface area contributed by atoms with Gasteiger partial charge in [-0.2, -0.15) is 0 Å². The monoisotopic (exact) mass is 234 g/mol. The van der Waals surface area contributed by atoms with Gasteiger partial charge in [-0.25, -0.2) is 0 Å². The molecular weight excluding hydrogens is 225 g/mol. The molecule has 1 aromatic rings. The Hall–Kier alpha value is -1.56. The molecule has 0 radical (unpaired) electrons. The van der Waals surface area contributed by atoms with Gasteiger partial charge in [-0.15, -0.1) is 13.2 Å². The number of hydrogen-bond donors (Lipinski definition) is 0. The van der Waals surface area contributed by atoms with Crippen molar-refractivity contribution in [3.05, 3.63) is 29.3 Å². The van der Waals surface area contributed by atoms with Crippen molar-refractivity contribution in [1.82, 2.24) is 0 Å². The maximum absolute atomic E-state index is 11.9. The van der Waals surface area contributed by atoms with E-state index in [-0.39, 0.29) is 12.2 Å². The number of alkyl halides is 3. The van der Waals surface area contributed by atoms with Crippen molar-refractivity contribution >= 4 is 6.29 Å². The molecule has 0 heterocycles. The summed E-state index contributed by atoms with van der Waals surface area (Å²) >= 11 is 0. The van der Waals surface area contributed by atoms with Crippen molar-refractivity contribution in [2.75, 3.05) is 7.11 Å². The Bertz CT molecular complexity index is 374. The Balaban J connectivity index is 2.97. The van der Waals surface area contributed by atoms with Gasteiger partial charge >= 0.3 is 6.36 Å². The van der Waals surface area contributed by atoms with Crippen molar-refractivity contribution in [2.24, 2.45) is 0 Å². The fourth-order valence-corrected chi connectivity index (χ4v) is 1.16. The van der Waals surface area contributed by atoms with Gasteiger partial charge in [0.25, 0.3) is 0 Å². The standard InChI is InChI=1S/C10H9F3O3/c1-15-6-7-2-3-9(8(4-7)5-14)16-10(11,12)13/h2-5H,6H2,1H3. The Labute approximate surface area is 89.8 Å². The van der Waals surface area contributed by atoms with Crippen LogP contribution in [0.5, 0.6) is 5.75 Å². The molecular formula is C10H9F3O3. The van der Waals surface area contributed by atoms with Gasteiger partial charge in [0.2, 0.25) is 0 Å². The van der Waals surface area contributed by atoms with Crippen LogP contribution in [0.2, 0.25) is 0 Å². The molecule has 0 amide bonds. The van der Waals surface area contributed by atoms with Crippen LogP contribution in [0.4, 0.5) is 13.2 Å². The first-order chi connectivity index (χ1) is 7.46. The van der Waals surface area contributed by atoms with E-state index in [1.54, 1.807) is 0 Å². The van der Waals surface area contributed by atoms with Crippen LogP contribution >= 0.6 is 0 Å². The molecule has 0 spiro atoms. The summed E-state index contributed by atoms with van der Waals surface area (Å²) in [5.74, 6) is -0.512. The zero-order valence-electron chi connectivity index (χ0n) is 8.38. The molecule has 0 aromatic heterocycles. The van der Waals surface area contributed by atoms with E-state index in [1.807, 2.05) is 0 Å². The summed E-state index contributed by atoms with van der Waals surface area (Å²) in [7, 11) is 1.45. The number of rotatable bonds is 4. The summed E-state index contributed by atoms with van der Waals surface area (Å²) in [6.45, 7) is 0.215. The average molecular weight is 234 g/mol. The van der Waals surface area contributed by atoms with Crippen LogP contribution in [0.1, 0.15) is 15.9 Å². The van der Waals surface area contributed by atoms with E-state index >= 15 is 0 Å². The number of carbonyl (C=O) groups is 1. The second-order valence-corrected chi connectivity index (χ2v) is 2.97. The lowest BCUT2D eigenvalue weighted by molar-refractivity contribution is -0.274. The fraction of sp³-hybridized carbons (Fsp3) is 0.300. The molecule has 3 nitrogen and oxygen atoms in total. The summed E-state index contributed by atoms with van der Waals surface area (Å²) in [4.78, 5) is 10.6. The quantitative estimate of drug-likeness (QED) is 0.751. The second kappa shape index (κ2) is 4.98. The van der Waals surface area contributed by atoms with E-state index in [2.05, 4.69) is 4.74 Å². The van der Waals surface area contributed by atoms with Crippen LogP contribution in [0.15, 0.2) is 18.2 Å². The van der Waals surface area contributed by atoms with Crippen LogP contribution in [-0.4, -0.2) is 19.8 Å². The first-order valence-corrected chi connectivity index (χ1v) is 4.29. The lowest BCUT2D eigenvalue weighted by Gasteiger charge is -2.11. The van der Waals surface area contributed by atoms with Crippen molar-refractivity contribution in [3.63, 3.8) is 0 Å². The molecule has 6 heteroatoms. The molecule has 0 saturated carbocycles. The predicted molar refractivity (Wildman–Crippen MR) is 49.2 cm³/mol. The third-order valence-corrected chi connectivity index (χ3v) is 1.74. The van der Waals surface area contributed by atoms with Gasteiger partial charge in [0, 0.05) is 7.11 Å². The Morgan fingerprint density at radius 3 is 2.56 bits per heavy atom. The molecule has 0 aliphatic carbocycles. The maximum atomic E-state index is 11.9. The molecule has 0 unspecified atom stereocenters. The predicted octanol–water partition coefficient (Wildman–Crippen LogP) is 2.54. The molecule has 1 rings (SSSR count). The number of aldehydes is 1. The average Bonchev–Trinajstić information content (AvgIpc) is 2.18. The fourth-order valence-electron chi connectivity index (χ4n) is 1.16. The molecule has 16 heavy (non-hydrogen) atoms. The number of methoxy groups -OCH3 is 1. The zero-order valence-corrected chi connectivity index (χ0v) is 8.38. The Kier molecular flexibility index (Phi) is 3.89. The van der Waals surface area contributed by atoms with Gasteiger partial charge in [0.15, 0.2) is 6.29 Å². The highest BCUT2D eigenvalue weighted by molar-refractivity contribution is 5.79. The zero-order chi connectivity index (χ0) is 12.2. The van der Waals surface area contributed by atoms with Crippen molar-refractivity contribution in [3.8, 4) is 5.75 Å². The van der Waals surface area contributed by atoms with Crippen molar-refractivity contribution in [1.29, 1.82) is 0 Å². The first kappa shape index (κ1) is 12.5. The lowest BCUT2D eigenvalue weighted by Crippen LogP contribution is -2.18. The minimum Gasteiger partial charge on any atom is -0.405 e. The normalized spacial score (nSPS) is 11.2. The Morgan fingerprint density at radius 2 is 2.06 bits per heavy atom. The lowest BCUT2D eigenvalue weighted by atomic mass is 10.1. The SMILES string of the molecule is COCc1ccc(OC(F)(F)F)c(C=O)c1. The summed E-state index contributed by atoms with van der Waals surface area (Å²) in [6.07, 6.45) is -4.50. The second-order valence-electron chi connectivity index (χ2n) is 2.97. The number of carbonyl (C=O) groups excluding carboxylic acids is 1. The Morgan fingerprint density at radius 1 is 1.38 bits per heavy atom. The van der Waals surface area contributed by atoms with Crippen molar-refractivity contribution in [2.45, 2.75) is 13.0 Å². The van der Waals surface area contributed by atoms with Crippen LogP contribution in [0.3, 0.4) is 0 Å². The molecule has 0 N–H and O–H groups in total. The topological polar surface area (TPSA) is 35.5 Å². The molecule has 0 fully saturated rings. The molecule has 0 aliphatic heterocycles. The molecule has 0 aliphatic rings. The summed E-state index contributed by atoms with van der Waals surface area (Å²) in [5, 5.41) is 0. The molecule has 0 saturated heterocycles. The van der Waals surface area contributed by atoms with E-state index in [0.717, 1.165) is 6.07 Å². The molecule has 88 valence electrons. The van der Waals surface area contributed by atoms with Gasteiger partial charge in [-0.1, -0.05) is 6.07 Å². The summed E-state index contributed by atoms with van der Waals surface area (Å²) < 4.78 is 44.3. The minimum absolute atomic E-state index is 0.160. The van der Waals surface area contributed by atoms with E-state index in [1.165, 1.54) is 19.2 Å². The molecule has 1 aromatic carbocycles. The van der Waals surface area contributed by atoms with E-state index < -0.39 is 12.1 Å². The maximum Gasteiger partial charge on any atom is 0.573 e. The van der Waals surface area contributed by atoms with Crippen LogP contribution < -0.4 is 4.74 Å². The van der Waals surface area contributed by atoms with Crippen molar-refractivity contribution < 1.29 is 27.4 Å². The van der Waals surface area contributed by atoms with E-state index in [4.69, 9.17) is 4.74 Å². The third kappa shape index (κ3) is 3.54. The highest BCUT2D eigenvalue weighted by atomic mass is 19.4. The minimum atomic E-state index is -4.81. The number of ether oxygens (including phenoxy) is 2. The number of hydrogen-bond acceptors (Lipinski definition) is 3. The van der Waals surface area contributed by atoms with Gasteiger partial charge in [-0.3, -0.25) is 4.79 Å². The van der Waals surface area contributed by atoms with Gasteiger partial charge in [-0.05, 0) is 17.7 Å². The number of halogens is 3. The largest absolute Gasteiger partial charge is 0.573 e. The van der Waals surface area contributed by atoms with E-state index in [9.17, 15) is 18.0 Å². The molecule has 0 atom stereocenters. The smallest absolute Gasteiger partial charge is 0.405 e. The third-order valence-electron chi connectivity index (χ3n) is 1.74. The molecule has 0 bridgehead atoms. The van der Waals surface area contributed by atoms with Crippen LogP contribution in [0, 0.1) is 0 Å². The van der Waals surface area contributed by atoms with Crippen LogP contribution in [0.25, 0.3) is 0 Å². The highest BCUT2D eigenvalue weighted by Gasteiger charge is 2.32. The number of benzene rings is 1. The van der Waals surface area contributed by atoms with Gasteiger partial charge < -0.3 is 9.47 Å².